The van der Waals surface area contributed by atoms with Gasteiger partial charge in [-0.3, -0.25) is 4.79 Å². The number of alkyl halides is 1. The van der Waals surface area contributed by atoms with E-state index in [1.165, 1.54) is 0 Å². The summed E-state index contributed by atoms with van der Waals surface area (Å²) >= 11 is 3.62. The van der Waals surface area contributed by atoms with Gasteiger partial charge in [-0.15, -0.1) is 0 Å². The van der Waals surface area contributed by atoms with Crippen LogP contribution in [0.3, 0.4) is 0 Å². The van der Waals surface area contributed by atoms with Gasteiger partial charge in [0, 0.05) is 23.8 Å². The minimum absolute atomic E-state index is 0.0602. The van der Waals surface area contributed by atoms with Gasteiger partial charge in [-0.05, 0) is 11.3 Å². The highest BCUT2D eigenvalue weighted by molar-refractivity contribution is 9.09. The number of carbonyl (C=O) groups is 1. The van der Waals surface area contributed by atoms with Crippen molar-refractivity contribution in [3.63, 3.8) is 0 Å². The van der Waals surface area contributed by atoms with Crippen LogP contribution in [-0.4, -0.2) is 28.7 Å². The van der Waals surface area contributed by atoms with Crippen LogP contribution in [0, 0.1) is 17.3 Å². The van der Waals surface area contributed by atoms with Gasteiger partial charge in [0.05, 0.1) is 0 Å². The second-order valence-corrected chi connectivity index (χ2v) is 7.00. The molecule has 0 aliphatic carbocycles. The summed E-state index contributed by atoms with van der Waals surface area (Å²) in [6.07, 6.45) is 0. The first kappa shape index (κ1) is 13.0. The Kier molecular flexibility index (Phi) is 3.85. The molecule has 0 saturated carbocycles. The third-order valence-electron chi connectivity index (χ3n) is 3.50. The Hall–Kier alpha value is -0.0500. The summed E-state index contributed by atoms with van der Waals surface area (Å²) in [6, 6.07) is 0. The summed E-state index contributed by atoms with van der Waals surface area (Å²) in [4.78, 5) is 14.7. The van der Waals surface area contributed by atoms with E-state index in [0.717, 1.165) is 13.1 Å². The quantitative estimate of drug-likeness (QED) is 0.674. The predicted molar refractivity (Wildman–Crippen MR) is 67.1 cm³/mol. The minimum Gasteiger partial charge on any atom is -0.341 e. The SMILES string of the molecule is CC1CN(C(=O)C(C)C(C)(C)C)CC1Br. The number of nitrogens with zero attached hydrogens (tertiary/aromatic N) is 1. The van der Waals surface area contributed by atoms with E-state index in [1.54, 1.807) is 0 Å². The smallest absolute Gasteiger partial charge is 0.225 e. The van der Waals surface area contributed by atoms with Crippen molar-refractivity contribution in [2.24, 2.45) is 17.3 Å². The molecular weight excluding hydrogens is 254 g/mol. The Morgan fingerprint density at radius 1 is 1.40 bits per heavy atom. The predicted octanol–water partition coefficient (Wildman–Crippen LogP) is 2.91. The second kappa shape index (κ2) is 4.44. The molecule has 2 nitrogen and oxygen atoms in total. The fourth-order valence-corrected chi connectivity index (χ4v) is 2.27. The van der Waals surface area contributed by atoms with Gasteiger partial charge in [0.2, 0.25) is 5.91 Å². The van der Waals surface area contributed by atoms with Crippen LogP contribution in [0.25, 0.3) is 0 Å². The first-order chi connectivity index (χ1) is 6.73. The molecule has 1 aliphatic heterocycles. The zero-order valence-corrected chi connectivity index (χ0v) is 12.0. The van der Waals surface area contributed by atoms with E-state index in [0.29, 0.717) is 16.7 Å². The van der Waals surface area contributed by atoms with E-state index in [2.05, 4.69) is 43.6 Å². The molecule has 1 heterocycles. The average molecular weight is 276 g/mol. The van der Waals surface area contributed by atoms with E-state index >= 15 is 0 Å². The monoisotopic (exact) mass is 275 g/mol. The van der Waals surface area contributed by atoms with Crippen LogP contribution in [0.2, 0.25) is 0 Å². The largest absolute Gasteiger partial charge is 0.341 e. The maximum Gasteiger partial charge on any atom is 0.225 e. The lowest BCUT2D eigenvalue weighted by Crippen LogP contribution is -2.38. The Bertz CT molecular complexity index is 236. The summed E-state index contributed by atoms with van der Waals surface area (Å²) in [5.41, 5.74) is 0.0602. The van der Waals surface area contributed by atoms with Gasteiger partial charge in [0.25, 0.3) is 0 Å². The Morgan fingerprint density at radius 2 is 1.93 bits per heavy atom. The summed E-state index contributed by atoms with van der Waals surface area (Å²) in [7, 11) is 0. The van der Waals surface area contributed by atoms with Crippen LogP contribution in [0.15, 0.2) is 0 Å². The van der Waals surface area contributed by atoms with Crippen LogP contribution in [0.4, 0.5) is 0 Å². The summed E-state index contributed by atoms with van der Waals surface area (Å²) in [6.45, 7) is 12.4. The van der Waals surface area contributed by atoms with Crippen LogP contribution < -0.4 is 0 Å². The molecule has 1 saturated heterocycles. The summed E-state index contributed by atoms with van der Waals surface area (Å²) < 4.78 is 0. The molecule has 1 rings (SSSR count). The molecule has 0 N–H and O–H groups in total. The molecule has 3 heteroatoms. The van der Waals surface area contributed by atoms with Crippen LogP contribution in [0.5, 0.6) is 0 Å². The molecule has 3 unspecified atom stereocenters. The highest BCUT2D eigenvalue weighted by Crippen LogP contribution is 2.30. The summed E-state index contributed by atoms with van der Waals surface area (Å²) in [5, 5.41) is 0. The topological polar surface area (TPSA) is 20.3 Å². The van der Waals surface area contributed by atoms with E-state index in [4.69, 9.17) is 0 Å². The van der Waals surface area contributed by atoms with Crippen molar-refractivity contribution in [3.05, 3.63) is 0 Å². The highest BCUT2D eigenvalue weighted by Gasteiger charge is 2.36. The Morgan fingerprint density at radius 3 is 2.27 bits per heavy atom. The van der Waals surface area contributed by atoms with Gasteiger partial charge in [0.1, 0.15) is 0 Å². The van der Waals surface area contributed by atoms with Crippen molar-refractivity contribution in [1.29, 1.82) is 0 Å². The van der Waals surface area contributed by atoms with Crippen molar-refractivity contribution in [1.82, 2.24) is 4.90 Å². The Labute approximate surface area is 102 Å². The molecule has 0 aromatic rings. The highest BCUT2D eigenvalue weighted by atomic mass is 79.9. The first-order valence-corrected chi connectivity index (χ1v) is 6.58. The van der Waals surface area contributed by atoms with Gasteiger partial charge in [0.15, 0.2) is 0 Å². The maximum absolute atomic E-state index is 12.2. The second-order valence-electron chi connectivity index (χ2n) is 5.82. The van der Waals surface area contributed by atoms with Gasteiger partial charge in [-0.2, -0.15) is 0 Å². The van der Waals surface area contributed by atoms with Gasteiger partial charge in [-0.25, -0.2) is 0 Å². The molecule has 0 bridgehead atoms. The molecule has 0 aromatic heterocycles. The average Bonchev–Trinajstić information content (AvgIpc) is 2.43. The number of hydrogen-bond donors (Lipinski definition) is 0. The molecule has 3 atom stereocenters. The third kappa shape index (κ3) is 2.96. The van der Waals surface area contributed by atoms with Crippen molar-refractivity contribution < 1.29 is 4.79 Å². The van der Waals surface area contributed by atoms with E-state index in [1.807, 2.05) is 11.8 Å². The molecule has 0 radical (unpaired) electrons. The van der Waals surface area contributed by atoms with Crippen molar-refractivity contribution in [2.45, 2.75) is 39.4 Å². The molecule has 15 heavy (non-hydrogen) atoms. The number of likely N-dealkylation sites (tertiary alicyclic amines) is 1. The molecule has 1 amide bonds. The van der Waals surface area contributed by atoms with Crippen LogP contribution >= 0.6 is 15.9 Å². The summed E-state index contributed by atoms with van der Waals surface area (Å²) in [5.74, 6) is 0.972. The van der Waals surface area contributed by atoms with Crippen LogP contribution in [-0.2, 0) is 4.79 Å². The minimum atomic E-state index is 0.0602. The lowest BCUT2D eigenvalue weighted by molar-refractivity contribution is -0.137. The number of carbonyl (C=O) groups excluding carboxylic acids is 1. The fraction of sp³-hybridized carbons (Fsp3) is 0.917. The van der Waals surface area contributed by atoms with Crippen molar-refractivity contribution >= 4 is 21.8 Å². The fourth-order valence-electron chi connectivity index (χ4n) is 1.75. The zero-order chi connectivity index (χ0) is 11.8. The Balaban J connectivity index is 2.63. The maximum atomic E-state index is 12.2. The van der Waals surface area contributed by atoms with Gasteiger partial charge >= 0.3 is 0 Å². The number of amides is 1. The standard InChI is InChI=1S/C12H22BrNO/c1-8-6-14(7-10(8)13)11(15)9(2)12(3,4)5/h8-10H,6-7H2,1-5H3. The third-order valence-corrected chi connectivity index (χ3v) is 4.69. The van der Waals surface area contributed by atoms with E-state index in [9.17, 15) is 4.79 Å². The van der Waals surface area contributed by atoms with Gasteiger partial charge < -0.3 is 4.90 Å². The molecule has 0 aromatic carbocycles. The zero-order valence-electron chi connectivity index (χ0n) is 10.4. The number of hydrogen-bond acceptors (Lipinski definition) is 1. The number of halogens is 1. The lowest BCUT2D eigenvalue weighted by Gasteiger charge is -2.30. The first-order valence-electron chi connectivity index (χ1n) is 5.66. The van der Waals surface area contributed by atoms with Crippen molar-refractivity contribution in [3.8, 4) is 0 Å². The molecule has 0 spiro atoms. The van der Waals surface area contributed by atoms with Crippen LogP contribution in [0.1, 0.15) is 34.6 Å². The van der Waals surface area contributed by atoms with E-state index < -0.39 is 0 Å². The molecular formula is C12H22BrNO. The van der Waals surface area contributed by atoms with Gasteiger partial charge in [-0.1, -0.05) is 50.5 Å². The number of rotatable bonds is 1. The molecule has 88 valence electrons. The molecule has 1 fully saturated rings. The lowest BCUT2D eigenvalue weighted by atomic mass is 9.81. The van der Waals surface area contributed by atoms with E-state index in [-0.39, 0.29) is 11.3 Å². The molecule has 1 aliphatic rings. The normalized spacial score (nSPS) is 29.3. The van der Waals surface area contributed by atoms with Crippen molar-refractivity contribution in [2.75, 3.05) is 13.1 Å².